The van der Waals surface area contributed by atoms with Crippen molar-refractivity contribution < 1.29 is 4.79 Å². The van der Waals surface area contributed by atoms with Crippen LogP contribution in [0.5, 0.6) is 0 Å². The number of rotatable bonds is 6. The largest absolute Gasteiger partial charge is 0.355 e. The molecule has 0 aliphatic heterocycles. The average Bonchev–Trinajstić information content (AvgIpc) is 2.78. The number of fused-ring (bicyclic) bond motifs is 1. The number of carbonyl (C=O) groups is 1. The van der Waals surface area contributed by atoms with Crippen LogP contribution in [0.25, 0.3) is 0 Å². The van der Waals surface area contributed by atoms with E-state index in [9.17, 15) is 4.79 Å². The Hall–Kier alpha value is -2.59. The van der Waals surface area contributed by atoms with Crippen LogP contribution >= 0.6 is 11.8 Å². The fourth-order valence-corrected chi connectivity index (χ4v) is 5.80. The minimum absolute atomic E-state index is 0.127. The summed E-state index contributed by atoms with van der Waals surface area (Å²) in [6.45, 7) is 0.746. The first-order valence-corrected chi connectivity index (χ1v) is 11.4. The number of nitrogens with zero attached hydrogens (tertiary/aromatic N) is 1. The first-order chi connectivity index (χ1) is 14.3. The van der Waals surface area contributed by atoms with E-state index in [1.165, 1.54) is 22.3 Å². The number of aromatic nitrogens is 1. The molecule has 2 aromatic carbocycles. The van der Waals surface area contributed by atoms with Crippen molar-refractivity contribution >= 4 is 17.7 Å². The van der Waals surface area contributed by atoms with Crippen LogP contribution in [0, 0.1) is 5.92 Å². The normalized spacial score (nSPS) is 21.3. The van der Waals surface area contributed by atoms with Crippen LogP contribution in [-0.2, 0) is 10.5 Å². The Balaban J connectivity index is 1.24. The van der Waals surface area contributed by atoms with Gasteiger partial charge in [-0.1, -0.05) is 54.6 Å². The molecule has 3 nitrogen and oxygen atoms in total. The first kappa shape index (κ1) is 18.4. The van der Waals surface area contributed by atoms with Crippen LogP contribution in [0.3, 0.4) is 0 Å². The van der Waals surface area contributed by atoms with Gasteiger partial charge in [0.2, 0.25) is 5.91 Å². The van der Waals surface area contributed by atoms with Gasteiger partial charge in [0.05, 0.1) is 5.75 Å². The summed E-state index contributed by atoms with van der Waals surface area (Å²) in [6.07, 6.45) is 4.75. The number of hydrogen-bond donors (Lipinski definition) is 1. The molecule has 0 saturated heterocycles. The maximum Gasteiger partial charge on any atom is 0.230 e. The van der Waals surface area contributed by atoms with Gasteiger partial charge in [-0.25, -0.2) is 0 Å². The van der Waals surface area contributed by atoms with Crippen LogP contribution in [0.2, 0.25) is 0 Å². The molecule has 1 N–H and O–H groups in total. The summed E-state index contributed by atoms with van der Waals surface area (Å²) in [6, 6.07) is 21.7. The highest BCUT2D eigenvalue weighted by Crippen LogP contribution is 2.55. The van der Waals surface area contributed by atoms with Gasteiger partial charge < -0.3 is 5.32 Å². The number of hydrogen-bond acceptors (Lipinski definition) is 3. The summed E-state index contributed by atoms with van der Waals surface area (Å²) < 4.78 is 0. The van der Waals surface area contributed by atoms with E-state index in [1.807, 2.05) is 18.3 Å². The first-order valence-electron chi connectivity index (χ1n) is 10.2. The molecule has 2 bridgehead atoms. The van der Waals surface area contributed by atoms with Crippen molar-refractivity contribution in [2.45, 2.75) is 24.0 Å². The molecule has 146 valence electrons. The Morgan fingerprint density at radius 3 is 2.31 bits per heavy atom. The topological polar surface area (TPSA) is 42.0 Å². The lowest BCUT2D eigenvalue weighted by Crippen LogP contribution is -2.39. The molecule has 1 unspecified atom stereocenters. The second-order valence-corrected chi connectivity index (χ2v) is 8.93. The number of amides is 1. The summed E-state index contributed by atoms with van der Waals surface area (Å²) >= 11 is 1.64. The van der Waals surface area contributed by atoms with Gasteiger partial charge in [-0.3, -0.25) is 9.78 Å². The number of pyridine rings is 1. The molecule has 29 heavy (non-hydrogen) atoms. The maximum absolute atomic E-state index is 12.4. The molecule has 0 saturated carbocycles. The second kappa shape index (κ2) is 8.03. The number of carbonyl (C=O) groups excluding carboxylic acids is 1. The van der Waals surface area contributed by atoms with Crippen LogP contribution in [0.4, 0.5) is 0 Å². The predicted molar refractivity (Wildman–Crippen MR) is 118 cm³/mol. The summed E-state index contributed by atoms with van der Waals surface area (Å²) in [5.74, 6) is 2.72. The molecule has 1 amide bonds. The van der Waals surface area contributed by atoms with E-state index in [-0.39, 0.29) is 5.91 Å². The van der Waals surface area contributed by atoms with E-state index < -0.39 is 0 Å². The Labute approximate surface area is 176 Å². The highest BCUT2D eigenvalue weighted by molar-refractivity contribution is 7.99. The van der Waals surface area contributed by atoms with Crippen molar-refractivity contribution in [3.8, 4) is 0 Å². The molecule has 4 heteroatoms. The van der Waals surface area contributed by atoms with Crippen molar-refractivity contribution in [2.75, 3.05) is 12.3 Å². The molecule has 1 atom stereocenters. The summed E-state index contributed by atoms with van der Waals surface area (Å²) in [4.78, 5) is 16.6. The Bertz CT molecular complexity index is 973. The van der Waals surface area contributed by atoms with E-state index in [2.05, 4.69) is 58.8 Å². The fourth-order valence-electron chi connectivity index (χ4n) is 5.00. The average molecular weight is 401 g/mol. The van der Waals surface area contributed by atoms with Crippen LogP contribution in [0.1, 0.15) is 46.1 Å². The van der Waals surface area contributed by atoms with Crippen LogP contribution < -0.4 is 5.32 Å². The van der Waals surface area contributed by atoms with Gasteiger partial charge in [0.15, 0.2) is 0 Å². The number of thioether (sulfide) groups is 1. The molecule has 0 radical (unpaired) electrons. The molecule has 3 aromatic rings. The highest BCUT2D eigenvalue weighted by atomic mass is 32.2. The van der Waals surface area contributed by atoms with E-state index in [0.29, 0.717) is 23.5 Å². The smallest absolute Gasteiger partial charge is 0.230 e. The Morgan fingerprint density at radius 2 is 1.66 bits per heavy atom. The van der Waals surface area contributed by atoms with Crippen molar-refractivity contribution in [3.63, 3.8) is 0 Å². The van der Waals surface area contributed by atoms with Crippen molar-refractivity contribution in [1.82, 2.24) is 10.3 Å². The van der Waals surface area contributed by atoms with Crippen molar-refractivity contribution in [2.24, 2.45) is 5.92 Å². The zero-order chi connectivity index (χ0) is 19.6. The molecule has 3 aliphatic rings. The monoisotopic (exact) mass is 400 g/mol. The number of nitrogens with one attached hydrogen (secondary N) is 1. The molecule has 0 spiro atoms. The predicted octanol–water partition coefficient (Wildman–Crippen LogP) is 4.73. The highest BCUT2D eigenvalue weighted by Gasteiger charge is 2.42. The fraction of sp³-hybridized carbons (Fsp3) is 0.280. The minimum atomic E-state index is 0.127. The SMILES string of the molecule is O=C(CSCc1cccnc1)NCC1CC2c3ccccc3C1c1ccccc12. The molecule has 0 fully saturated rings. The number of benzene rings is 2. The zero-order valence-corrected chi connectivity index (χ0v) is 17.1. The standard InChI is InChI=1S/C25H24N2OS/c28-24(16-29-15-17-6-5-11-26-13-17)27-14-18-12-23-19-7-1-3-9-21(19)25(18)22-10-4-2-8-20(22)23/h1-11,13,18,23,25H,12,14-16H2,(H,27,28). The van der Waals surface area contributed by atoms with Crippen LogP contribution in [0.15, 0.2) is 73.1 Å². The van der Waals surface area contributed by atoms with Gasteiger partial charge in [-0.2, -0.15) is 0 Å². The maximum atomic E-state index is 12.4. The Morgan fingerprint density at radius 1 is 0.966 bits per heavy atom. The summed E-state index contributed by atoms with van der Waals surface area (Å²) in [5.41, 5.74) is 7.01. The lowest BCUT2D eigenvalue weighted by Gasteiger charge is -2.45. The third kappa shape index (κ3) is 3.58. The lowest BCUT2D eigenvalue weighted by molar-refractivity contribution is -0.118. The summed E-state index contributed by atoms with van der Waals surface area (Å²) in [5, 5.41) is 3.21. The quantitative estimate of drug-likeness (QED) is 0.650. The van der Waals surface area contributed by atoms with Gasteiger partial charge in [0.25, 0.3) is 0 Å². The third-order valence-corrected chi connectivity index (χ3v) is 7.21. The molecule has 1 heterocycles. The van der Waals surface area contributed by atoms with Crippen molar-refractivity contribution in [3.05, 3.63) is 101 Å². The molecule has 6 rings (SSSR count). The summed E-state index contributed by atoms with van der Waals surface area (Å²) in [7, 11) is 0. The molecular formula is C25H24N2OS. The van der Waals surface area contributed by atoms with Gasteiger partial charge in [-0.05, 0) is 46.2 Å². The lowest BCUT2D eigenvalue weighted by atomic mass is 9.59. The van der Waals surface area contributed by atoms with Gasteiger partial charge in [-0.15, -0.1) is 11.8 Å². The van der Waals surface area contributed by atoms with E-state index in [0.717, 1.165) is 24.3 Å². The minimum Gasteiger partial charge on any atom is -0.355 e. The van der Waals surface area contributed by atoms with E-state index in [4.69, 9.17) is 0 Å². The molecule has 1 aromatic heterocycles. The van der Waals surface area contributed by atoms with Crippen molar-refractivity contribution in [1.29, 1.82) is 0 Å². The van der Waals surface area contributed by atoms with E-state index >= 15 is 0 Å². The van der Waals surface area contributed by atoms with E-state index in [1.54, 1.807) is 18.0 Å². The molecule has 3 aliphatic carbocycles. The molecular weight excluding hydrogens is 376 g/mol. The zero-order valence-electron chi connectivity index (χ0n) is 16.3. The van der Waals surface area contributed by atoms with Gasteiger partial charge in [0.1, 0.15) is 0 Å². The van der Waals surface area contributed by atoms with Gasteiger partial charge in [0, 0.05) is 36.5 Å². The second-order valence-electron chi connectivity index (χ2n) is 7.94. The Kier molecular flexibility index (Phi) is 5.11. The van der Waals surface area contributed by atoms with Crippen LogP contribution in [-0.4, -0.2) is 23.2 Å². The van der Waals surface area contributed by atoms with Gasteiger partial charge >= 0.3 is 0 Å². The third-order valence-electron chi connectivity index (χ3n) is 6.21.